The maximum atomic E-state index is 12.3. The predicted octanol–water partition coefficient (Wildman–Crippen LogP) is 3.55. The van der Waals surface area contributed by atoms with Gasteiger partial charge in [-0.2, -0.15) is 0 Å². The van der Waals surface area contributed by atoms with Gasteiger partial charge in [-0.15, -0.1) is 0 Å². The summed E-state index contributed by atoms with van der Waals surface area (Å²) in [4.78, 5) is 25.2. The zero-order valence-corrected chi connectivity index (χ0v) is 14.4. The second-order valence-electron chi connectivity index (χ2n) is 6.28. The van der Waals surface area contributed by atoms with Gasteiger partial charge in [0.1, 0.15) is 5.69 Å². The Bertz CT molecular complexity index is 760. The molecule has 2 amide bonds. The first-order valence-corrected chi connectivity index (χ1v) is 8.72. The van der Waals surface area contributed by atoms with Crippen molar-refractivity contribution in [1.82, 2.24) is 10.2 Å². The van der Waals surface area contributed by atoms with Crippen LogP contribution in [0.25, 0.3) is 0 Å². The maximum absolute atomic E-state index is 12.3. The molecular weight excluding hydrogens is 332 g/mol. The van der Waals surface area contributed by atoms with Gasteiger partial charge in [0.2, 0.25) is 0 Å². The van der Waals surface area contributed by atoms with E-state index >= 15 is 0 Å². The second kappa shape index (κ2) is 8.44. The summed E-state index contributed by atoms with van der Waals surface area (Å²) in [6.45, 7) is 2.45. The van der Waals surface area contributed by atoms with Crippen molar-refractivity contribution < 1.29 is 9.72 Å². The highest BCUT2D eigenvalue weighted by atomic mass is 16.6. The quantitative estimate of drug-likeness (QED) is 0.613. The predicted molar refractivity (Wildman–Crippen MR) is 100 cm³/mol. The number of hydrogen-bond acceptors (Lipinski definition) is 4. The van der Waals surface area contributed by atoms with Gasteiger partial charge in [-0.3, -0.25) is 15.0 Å². The van der Waals surface area contributed by atoms with Crippen molar-refractivity contribution in [3.05, 3.63) is 70.3 Å². The van der Waals surface area contributed by atoms with Crippen LogP contribution in [0, 0.1) is 10.1 Å². The normalized spacial score (nSPS) is 15.4. The molecule has 1 heterocycles. The van der Waals surface area contributed by atoms with Crippen molar-refractivity contribution in [2.75, 3.05) is 25.0 Å². The Labute approximate surface area is 152 Å². The molecule has 1 unspecified atom stereocenters. The lowest BCUT2D eigenvalue weighted by atomic mass is 10.1. The number of hydrogen-bond donors (Lipinski definition) is 2. The molecule has 2 aromatic rings. The number of carbonyl (C=O) groups excluding carboxylic acids is 1. The van der Waals surface area contributed by atoms with Crippen LogP contribution in [0.4, 0.5) is 16.2 Å². The molecule has 1 atom stereocenters. The highest BCUT2D eigenvalue weighted by molar-refractivity contribution is 5.91. The minimum absolute atomic E-state index is 0.0928. The van der Waals surface area contributed by atoms with Crippen LogP contribution >= 0.6 is 0 Å². The number of nitro groups is 1. The molecule has 0 radical (unpaired) electrons. The lowest BCUT2D eigenvalue weighted by Crippen LogP contribution is -2.38. The van der Waals surface area contributed by atoms with E-state index < -0.39 is 11.0 Å². The molecule has 1 aliphatic heterocycles. The molecule has 0 aliphatic carbocycles. The van der Waals surface area contributed by atoms with E-state index in [1.54, 1.807) is 12.1 Å². The zero-order valence-electron chi connectivity index (χ0n) is 14.4. The average molecular weight is 354 g/mol. The Kier molecular flexibility index (Phi) is 5.80. The number of nitrogens with one attached hydrogen (secondary N) is 2. The van der Waals surface area contributed by atoms with Gasteiger partial charge in [-0.1, -0.05) is 42.5 Å². The van der Waals surface area contributed by atoms with E-state index in [0.29, 0.717) is 6.54 Å². The number of amides is 2. The van der Waals surface area contributed by atoms with E-state index in [-0.39, 0.29) is 17.4 Å². The summed E-state index contributed by atoms with van der Waals surface area (Å²) in [5.41, 5.74) is 1.22. The lowest BCUT2D eigenvalue weighted by Gasteiger charge is -2.28. The Morgan fingerprint density at radius 1 is 1.08 bits per heavy atom. The Balaban J connectivity index is 1.65. The molecule has 1 saturated heterocycles. The fourth-order valence-electron chi connectivity index (χ4n) is 3.28. The summed E-state index contributed by atoms with van der Waals surface area (Å²) in [5, 5.41) is 16.5. The lowest BCUT2D eigenvalue weighted by molar-refractivity contribution is -0.383. The summed E-state index contributed by atoms with van der Waals surface area (Å²) < 4.78 is 0. The smallest absolute Gasteiger partial charge is 0.319 e. The second-order valence-corrected chi connectivity index (χ2v) is 6.28. The summed E-state index contributed by atoms with van der Waals surface area (Å²) in [6.07, 6.45) is 2.32. The van der Waals surface area contributed by atoms with Crippen LogP contribution in [-0.2, 0) is 0 Å². The first kappa shape index (κ1) is 17.9. The molecular formula is C19H22N4O3. The van der Waals surface area contributed by atoms with Gasteiger partial charge in [-0.05, 0) is 37.6 Å². The fourth-order valence-corrected chi connectivity index (χ4v) is 3.28. The van der Waals surface area contributed by atoms with E-state index in [1.807, 2.05) is 18.2 Å². The number of para-hydroxylation sites is 2. The van der Waals surface area contributed by atoms with Crippen LogP contribution in [0.3, 0.4) is 0 Å². The SMILES string of the molecule is O=C(NCC(c1ccccc1)N1CCCC1)Nc1ccccc1[N+](=O)[O-]. The van der Waals surface area contributed by atoms with Crippen LogP contribution < -0.4 is 10.6 Å². The number of urea groups is 1. The van der Waals surface area contributed by atoms with Crippen LogP contribution in [0.5, 0.6) is 0 Å². The number of nitro benzene ring substituents is 1. The summed E-state index contributed by atoms with van der Waals surface area (Å²) in [6, 6.07) is 15.8. The highest BCUT2D eigenvalue weighted by Crippen LogP contribution is 2.25. The van der Waals surface area contributed by atoms with Gasteiger partial charge in [0, 0.05) is 12.6 Å². The van der Waals surface area contributed by atoms with Crippen molar-refractivity contribution in [3.8, 4) is 0 Å². The van der Waals surface area contributed by atoms with Gasteiger partial charge < -0.3 is 10.6 Å². The molecule has 0 aromatic heterocycles. The third-order valence-corrected chi connectivity index (χ3v) is 4.57. The zero-order chi connectivity index (χ0) is 18.4. The van der Waals surface area contributed by atoms with Crippen LogP contribution in [0.1, 0.15) is 24.4 Å². The largest absolute Gasteiger partial charge is 0.336 e. The van der Waals surface area contributed by atoms with Crippen LogP contribution in [0.2, 0.25) is 0 Å². The Hall–Kier alpha value is -2.93. The molecule has 2 N–H and O–H groups in total. The van der Waals surface area contributed by atoms with E-state index in [9.17, 15) is 14.9 Å². The van der Waals surface area contributed by atoms with Crippen molar-refractivity contribution in [2.24, 2.45) is 0 Å². The average Bonchev–Trinajstić information content (AvgIpc) is 3.17. The molecule has 1 aliphatic rings. The number of nitrogens with zero attached hydrogens (tertiary/aromatic N) is 2. The highest BCUT2D eigenvalue weighted by Gasteiger charge is 2.24. The molecule has 2 aromatic carbocycles. The van der Waals surface area contributed by atoms with Gasteiger partial charge in [-0.25, -0.2) is 4.79 Å². The van der Waals surface area contributed by atoms with Crippen LogP contribution in [0.15, 0.2) is 54.6 Å². The van der Waals surface area contributed by atoms with Crippen molar-refractivity contribution >= 4 is 17.4 Å². The molecule has 0 bridgehead atoms. The molecule has 0 saturated carbocycles. The van der Waals surface area contributed by atoms with Gasteiger partial charge in [0.25, 0.3) is 5.69 Å². The Morgan fingerprint density at radius 2 is 1.73 bits per heavy atom. The molecule has 7 heteroatoms. The van der Waals surface area contributed by atoms with Gasteiger partial charge in [0.05, 0.1) is 11.0 Å². The van der Waals surface area contributed by atoms with Crippen LogP contribution in [-0.4, -0.2) is 35.5 Å². The standard InChI is InChI=1S/C19H22N4O3/c24-19(21-16-10-4-5-11-17(16)23(25)26)20-14-18(22-12-6-7-13-22)15-8-2-1-3-9-15/h1-5,8-11,18H,6-7,12-14H2,(H2,20,21,24). The topological polar surface area (TPSA) is 87.5 Å². The molecule has 7 nitrogen and oxygen atoms in total. The minimum Gasteiger partial charge on any atom is -0.336 e. The number of likely N-dealkylation sites (tertiary alicyclic amines) is 1. The van der Waals surface area contributed by atoms with Crippen molar-refractivity contribution in [1.29, 1.82) is 0 Å². The monoisotopic (exact) mass is 354 g/mol. The third-order valence-electron chi connectivity index (χ3n) is 4.57. The molecule has 136 valence electrons. The van der Waals surface area contributed by atoms with E-state index in [4.69, 9.17) is 0 Å². The van der Waals surface area contributed by atoms with Crippen molar-refractivity contribution in [2.45, 2.75) is 18.9 Å². The number of anilines is 1. The summed E-state index contributed by atoms with van der Waals surface area (Å²) >= 11 is 0. The van der Waals surface area contributed by atoms with E-state index in [2.05, 4.69) is 27.7 Å². The van der Waals surface area contributed by atoms with E-state index in [0.717, 1.165) is 31.5 Å². The fraction of sp³-hybridized carbons (Fsp3) is 0.316. The Morgan fingerprint density at radius 3 is 2.42 bits per heavy atom. The van der Waals surface area contributed by atoms with Gasteiger partial charge >= 0.3 is 6.03 Å². The summed E-state index contributed by atoms with van der Waals surface area (Å²) in [5.74, 6) is 0. The van der Waals surface area contributed by atoms with Gasteiger partial charge in [0.15, 0.2) is 0 Å². The molecule has 26 heavy (non-hydrogen) atoms. The molecule has 1 fully saturated rings. The number of carbonyl (C=O) groups is 1. The number of rotatable bonds is 6. The molecule has 3 rings (SSSR count). The minimum atomic E-state index is -0.507. The van der Waals surface area contributed by atoms with E-state index in [1.165, 1.54) is 12.1 Å². The first-order valence-electron chi connectivity index (χ1n) is 8.72. The summed E-state index contributed by atoms with van der Waals surface area (Å²) in [7, 11) is 0. The third kappa shape index (κ3) is 4.37. The maximum Gasteiger partial charge on any atom is 0.319 e. The van der Waals surface area contributed by atoms with Crippen molar-refractivity contribution in [3.63, 3.8) is 0 Å². The number of benzene rings is 2. The molecule has 0 spiro atoms. The first-order chi connectivity index (χ1) is 12.6.